The maximum Gasteiger partial charge on any atom is 0.227 e. The normalized spacial score (nSPS) is 17.0. The summed E-state index contributed by atoms with van der Waals surface area (Å²) >= 11 is 0. The molecule has 30 heavy (non-hydrogen) atoms. The molecule has 0 aromatic carbocycles. The van der Waals surface area contributed by atoms with Crippen LogP contribution in [0.2, 0.25) is 0 Å². The molecule has 4 rings (SSSR count). The summed E-state index contributed by atoms with van der Waals surface area (Å²) in [5, 5.41) is 3.27. The van der Waals surface area contributed by atoms with Crippen LogP contribution in [0.5, 0.6) is 0 Å². The lowest BCUT2D eigenvalue weighted by Crippen LogP contribution is -2.54. The highest BCUT2D eigenvalue weighted by Gasteiger charge is 2.27. The maximum atomic E-state index is 11.3. The lowest BCUT2D eigenvalue weighted by Gasteiger charge is -2.39. The van der Waals surface area contributed by atoms with Crippen LogP contribution in [0.25, 0.3) is 11.0 Å². The van der Waals surface area contributed by atoms with Crippen LogP contribution in [0.4, 0.5) is 17.6 Å². The minimum Gasteiger partial charge on any atom is -0.382 e. The lowest BCUT2D eigenvalue weighted by molar-refractivity contribution is -0.121. The molecule has 158 valence electrons. The molecule has 3 aromatic heterocycles. The Kier molecular flexibility index (Phi) is 5.75. The van der Waals surface area contributed by atoms with E-state index in [2.05, 4.69) is 48.6 Å². The summed E-state index contributed by atoms with van der Waals surface area (Å²) in [6, 6.07) is 4.06. The molecular weight excluding hydrogens is 384 g/mol. The van der Waals surface area contributed by atoms with Gasteiger partial charge in [-0.15, -0.1) is 0 Å². The van der Waals surface area contributed by atoms with Crippen LogP contribution in [-0.2, 0) is 9.53 Å². The van der Waals surface area contributed by atoms with Crippen molar-refractivity contribution in [3.8, 4) is 0 Å². The molecule has 10 heteroatoms. The van der Waals surface area contributed by atoms with Gasteiger partial charge in [0.2, 0.25) is 12.4 Å². The topological polar surface area (TPSA) is 101 Å². The quantitative estimate of drug-likeness (QED) is 0.589. The Morgan fingerprint density at radius 1 is 1.27 bits per heavy atom. The molecule has 1 fully saturated rings. The number of nitrogens with zero attached hydrogens (tertiary/aromatic N) is 7. The molecule has 1 saturated heterocycles. The van der Waals surface area contributed by atoms with Crippen LogP contribution in [0.1, 0.15) is 19.9 Å². The summed E-state index contributed by atoms with van der Waals surface area (Å²) in [4.78, 5) is 33.0. The number of hydrogen-bond acceptors (Lipinski definition) is 8. The molecule has 0 aliphatic carbocycles. The van der Waals surface area contributed by atoms with E-state index in [4.69, 9.17) is 4.74 Å². The first-order chi connectivity index (χ1) is 14.6. The molecular formula is C20H26N8O2. The van der Waals surface area contributed by atoms with Crippen molar-refractivity contribution >= 4 is 35.0 Å². The molecule has 1 aliphatic heterocycles. The van der Waals surface area contributed by atoms with Crippen molar-refractivity contribution in [2.45, 2.75) is 25.9 Å². The number of carbonyl (C=O) groups is 1. The fraction of sp³-hybridized carbons (Fsp3) is 0.450. The summed E-state index contributed by atoms with van der Waals surface area (Å²) in [6.07, 6.45) is 6.19. The molecule has 1 amide bonds. The third-order valence-corrected chi connectivity index (χ3v) is 5.22. The van der Waals surface area contributed by atoms with Crippen molar-refractivity contribution in [1.82, 2.24) is 29.4 Å². The van der Waals surface area contributed by atoms with Gasteiger partial charge in [-0.2, -0.15) is 4.98 Å². The van der Waals surface area contributed by atoms with Gasteiger partial charge in [0, 0.05) is 45.0 Å². The van der Waals surface area contributed by atoms with Gasteiger partial charge in [0.15, 0.2) is 0 Å². The standard InChI is InChI=1S/C20H26N8O2/c1-14(2)28-12-23-16-9-22-19(8-17(16)28)24-18-4-5-21-20(25-18)26-6-7-27(13-29)15(10-26)11-30-3/h4-5,8-9,12-15H,6-7,10-11H2,1-3H3,(H,21,22,24,25). The van der Waals surface area contributed by atoms with Crippen LogP contribution in [0.3, 0.4) is 0 Å². The fourth-order valence-corrected chi connectivity index (χ4v) is 3.64. The van der Waals surface area contributed by atoms with Crippen molar-refractivity contribution < 1.29 is 9.53 Å². The summed E-state index contributed by atoms with van der Waals surface area (Å²) in [5.41, 5.74) is 1.87. The highest BCUT2D eigenvalue weighted by molar-refractivity contribution is 5.78. The van der Waals surface area contributed by atoms with Crippen LogP contribution in [-0.4, -0.2) is 75.2 Å². The average Bonchev–Trinajstić information content (AvgIpc) is 3.18. The summed E-state index contributed by atoms with van der Waals surface area (Å²) in [5.74, 6) is 1.96. The second-order valence-corrected chi connectivity index (χ2v) is 7.57. The van der Waals surface area contributed by atoms with Gasteiger partial charge in [-0.05, 0) is 19.9 Å². The number of anilines is 3. The number of ether oxygens (including phenoxy) is 1. The molecule has 1 unspecified atom stereocenters. The molecule has 1 N–H and O–H groups in total. The number of amides is 1. The number of rotatable bonds is 7. The van der Waals surface area contributed by atoms with E-state index >= 15 is 0 Å². The van der Waals surface area contributed by atoms with Gasteiger partial charge >= 0.3 is 0 Å². The van der Waals surface area contributed by atoms with E-state index in [1.165, 1.54) is 0 Å². The largest absolute Gasteiger partial charge is 0.382 e. The number of fused-ring (bicyclic) bond motifs is 1. The maximum absolute atomic E-state index is 11.3. The zero-order valence-electron chi connectivity index (χ0n) is 17.4. The average molecular weight is 410 g/mol. The van der Waals surface area contributed by atoms with E-state index in [1.54, 1.807) is 24.4 Å². The van der Waals surface area contributed by atoms with Gasteiger partial charge in [-0.1, -0.05) is 0 Å². The van der Waals surface area contributed by atoms with Crippen LogP contribution in [0.15, 0.2) is 30.9 Å². The van der Waals surface area contributed by atoms with Crippen LogP contribution >= 0.6 is 0 Å². The number of imidazole rings is 1. The number of pyridine rings is 1. The van der Waals surface area contributed by atoms with E-state index in [1.807, 2.05) is 18.5 Å². The van der Waals surface area contributed by atoms with Gasteiger partial charge in [0.1, 0.15) is 17.2 Å². The summed E-state index contributed by atoms with van der Waals surface area (Å²) in [7, 11) is 1.64. The Morgan fingerprint density at radius 3 is 2.90 bits per heavy atom. The van der Waals surface area contributed by atoms with Gasteiger partial charge in [-0.25, -0.2) is 15.0 Å². The minimum absolute atomic E-state index is 0.0261. The molecule has 1 atom stereocenters. The highest BCUT2D eigenvalue weighted by atomic mass is 16.5. The smallest absolute Gasteiger partial charge is 0.227 e. The van der Waals surface area contributed by atoms with Gasteiger partial charge in [-0.3, -0.25) is 4.79 Å². The molecule has 0 bridgehead atoms. The van der Waals surface area contributed by atoms with Crippen LogP contribution in [0, 0.1) is 0 Å². The zero-order chi connectivity index (χ0) is 21.1. The first kappa shape index (κ1) is 20.0. The van der Waals surface area contributed by atoms with Gasteiger partial charge in [0.25, 0.3) is 0 Å². The Labute approximate surface area is 174 Å². The van der Waals surface area contributed by atoms with Crippen molar-refractivity contribution in [2.75, 3.05) is 43.6 Å². The number of methoxy groups -OCH3 is 1. The third-order valence-electron chi connectivity index (χ3n) is 5.22. The lowest BCUT2D eigenvalue weighted by atomic mass is 10.2. The molecule has 10 nitrogen and oxygen atoms in total. The Morgan fingerprint density at radius 2 is 2.13 bits per heavy atom. The van der Waals surface area contributed by atoms with Crippen molar-refractivity contribution in [3.63, 3.8) is 0 Å². The monoisotopic (exact) mass is 410 g/mol. The number of piperazine rings is 1. The van der Waals surface area contributed by atoms with E-state index < -0.39 is 0 Å². The van der Waals surface area contributed by atoms with Gasteiger partial charge in [0.05, 0.1) is 30.7 Å². The second-order valence-electron chi connectivity index (χ2n) is 7.57. The molecule has 3 aromatic rings. The zero-order valence-corrected chi connectivity index (χ0v) is 17.4. The fourth-order valence-electron chi connectivity index (χ4n) is 3.64. The van der Waals surface area contributed by atoms with Crippen molar-refractivity contribution in [3.05, 3.63) is 30.9 Å². The summed E-state index contributed by atoms with van der Waals surface area (Å²) < 4.78 is 7.37. The Hall–Kier alpha value is -3.27. The molecule has 0 radical (unpaired) electrons. The predicted octanol–water partition coefficient (Wildman–Crippen LogP) is 1.84. The Bertz CT molecular complexity index is 1020. The predicted molar refractivity (Wildman–Crippen MR) is 114 cm³/mol. The Balaban J connectivity index is 1.53. The summed E-state index contributed by atoms with van der Waals surface area (Å²) in [6.45, 7) is 6.60. The number of aromatic nitrogens is 5. The highest BCUT2D eigenvalue weighted by Crippen LogP contribution is 2.22. The van der Waals surface area contributed by atoms with E-state index in [9.17, 15) is 4.79 Å². The van der Waals surface area contributed by atoms with E-state index in [-0.39, 0.29) is 6.04 Å². The number of carbonyl (C=O) groups excluding carboxylic acids is 1. The number of hydrogen-bond donors (Lipinski definition) is 1. The van der Waals surface area contributed by atoms with Crippen molar-refractivity contribution in [1.29, 1.82) is 0 Å². The number of nitrogens with one attached hydrogen (secondary N) is 1. The SMILES string of the molecule is COCC1CN(c2nccc(Nc3cc4c(cn3)ncn4C(C)C)n2)CCN1C=O. The second kappa shape index (κ2) is 8.62. The molecule has 0 saturated carbocycles. The molecule has 1 aliphatic rings. The first-order valence-corrected chi connectivity index (χ1v) is 9.96. The van der Waals surface area contributed by atoms with Crippen molar-refractivity contribution in [2.24, 2.45) is 0 Å². The third kappa shape index (κ3) is 4.04. The van der Waals surface area contributed by atoms with Gasteiger partial charge < -0.3 is 24.4 Å². The van der Waals surface area contributed by atoms with Crippen LogP contribution < -0.4 is 10.2 Å². The minimum atomic E-state index is -0.0261. The van der Waals surface area contributed by atoms with E-state index in [0.29, 0.717) is 49.9 Å². The molecule has 0 spiro atoms. The first-order valence-electron chi connectivity index (χ1n) is 9.96. The molecule has 4 heterocycles. The van der Waals surface area contributed by atoms with E-state index in [0.717, 1.165) is 17.4 Å².